The second kappa shape index (κ2) is 9.99. The summed E-state index contributed by atoms with van der Waals surface area (Å²) in [4.78, 5) is 2.14. The van der Waals surface area contributed by atoms with Gasteiger partial charge >= 0.3 is 0 Å². The van der Waals surface area contributed by atoms with Gasteiger partial charge in [-0.15, -0.1) is 10.2 Å². The molecule has 196 valence electrons. The van der Waals surface area contributed by atoms with Crippen LogP contribution in [-0.4, -0.2) is 68.5 Å². The third-order valence-corrected chi connectivity index (χ3v) is 7.08. The molecule has 0 radical (unpaired) electrons. The first-order valence-corrected chi connectivity index (χ1v) is 12.4. The molecular weight excluding hydrogens is 489 g/mol. The van der Waals surface area contributed by atoms with Gasteiger partial charge in [-0.25, -0.2) is 4.39 Å². The second-order valence-corrected chi connectivity index (χ2v) is 9.59. The van der Waals surface area contributed by atoms with E-state index in [-0.39, 0.29) is 17.8 Å². The Bertz CT molecular complexity index is 1580. The second-order valence-electron chi connectivity index (χ2n) is 9.59. The minimum Gasteiger partial charge on any atom is -0.496 e. The third kappa shape index (κ3) is 4.54. The molecule has 1 unspecified atom stereocenters. The van der Waals surface area contributed by atoms with Crippen molar-refractivity contribution in [2.75, 3.05) is 27.3 Å². The number of fused-ring (bicyclic) bond motifs is 1. The number of H-pyrrole nitrogens is 1. The predicted molar refractivity (Wildman–Crippen MR) is 138 cm³/mol. The quantitative estimate of drug-likeness (QED) is 0.343. The molecule has 38 heavy (non-hydrogen) atoms. The normalized spacial score (nSPS) is 18.3. The summed E-state index contributed by atoms with van der Waals surface area (Å²) in [6, 6.07) is 10.7. The first-order valence-electron chi connectivity index (χ1n) is 12.4. The van der Waals surface area contributed by atoms with Crippen molar-refractivity contribution in [1.82, 2.24) is 35.1 Å². The van der Waals surface area contributed by atoms with Crippen molar-refractivity contribution < 1.29 is 18.3 Å². The van der Waals surface area contributed by atoms with E-state index in [9.17, 15) is 4.39 Å². The van der Waals surface area contributed by atoms with Crippen LogP contribution in [0.2, 0.25) is 0 Å². The lowest BCUT2D eigenvalue weighted by atomic mass is 9.95. The third-order valence-electron chi connectivity index (χ3n) is 7.08. The van der Waals surface area contributed by atoms with Gasteiger partial charge in [0.1, 0.15) is 17.3 Å². The summed E-state index contributed by atoms with van der Waals surface area (Å²) < 4.78 is 33.7. The molecule has 11 heteroatoms. The van der Waals surface area contributed by atoms with E-state index in [1.165, 1.54) is 6.07 Å². The molecule has 0 amide bonds. The molecule has 0 bridgehead atoms. The summed E-state index contributed by atoms with van der Waals surface area (Å²) in [5, 5.41) is 21.5. The molecule has 3 aromatic heterocycles. The number of hydrogen-bond acceptors (Lipinski definition) is 8. The standard InChI is InChI=1S/C27H28FN7O3/c1-34-12-18(11-29-34)25-20-10-16(7-8-23(20)30-31-25)26-32-33-27(38-26)17-9-19(36-2)14-35(13-17)15-21-22(28)5-4-6-24(21)37-3/h4-8,10-12,17,19H,9,13-15H2,1-3H3,(H,30,31)/t17?,19-/m1/s1. The Balaban J connectivity index is 1.26. The van der Waals surface area contributed by atoms with E-state index < -0.39 is 0 Å². The van der Waals surface area contributed by atoms with Crippen LogP contribution in [0.5, 0.6) is 5.75 Å². The summed E-state index contributed by atoms with van der Waals surface area (Å²) in [7, 11) is 5.11. The largest absolute Gasteiger partial charge is 0.496 e. The first kappa shape index (κ1) is 24.3. The minimum absolute atomic E-state index is 0.0498. The van der Waals surface area contributed by atoms with E-state index in [1.54, 1.807) is 37.2 Å². The molecule has 5 aromatic rings. The Morgan fingerprint density at radius 1 is 1.13 bits per heavy atom. The number of methoxy groups -OCH3 is 2. The van der Waals surface area contributed by atoms with Crippen molar-refractivity contribution in [3.05, 3.63) is 66.1 Å². The Hall–Kier alpha value is -4.09. The molecule has 0 saturated carbocycles. The van der Waals surface area contributed by atoms with Crippen molar-refractivity contribution in [1.29, 1.82) is 0 Å². The van der Waals surface area contributed by atoms with Crippen LogP contribution in [0.1, 0.15) is 23.8 Å². The molecule has 1 saturated heterocycles. The minimum atomic E-state index is -0.291. The zero-order chi connectivity index (χ0) is 26.2. The number of benzene rings is 2. The average molecular weight is 518 g/mol. The van der Waals surface area contributed by atoms with E-state index in [0.717, 1.165) is 34.1 Å². The zero-order valence-corrected chi connectivity index (χ0v) is 21.4. The van der Waals surface area contributed by atoms with E-state index in [2.05, 4.69) is 30.4 Å². The first-order chi connectivity index (χ1) is 18.5. The summed E-state index contributed by atoms with van der Waals surface area (Å²) in [6.45, 7) is 1.69. The maximum atomic E-state index is 14.6. The van der Waals surface area contributed by atoms with E-state index >= 15 is 0 Å². The Morgan fingerprint density at radius 2 is 2.03 bits per heavy atom. The van der Waals surface area contributed by atoms with E-state index in [0.29, 0.717) is 42.7 Å². The Morgan fingerprint density at radius 3 is 2.82 bits per heavy atom. The number of halogens is 1. The lowest BCUT2D eigenvalue weighted by Crippen LogP contribution is -2.42. The molecule has 10 nitrogen and oxygen atoms in total. The van der Waals surface area contributed by atoms with Gasteiger partial charge in [0, 0.05) is 62.1 Å². The van der Waals surface area contributed by atoms with Crippen LogP contribution in [0, 0.1) is 5.82 Å². The molecule has 2 atom stereocenters. The molecule has 0 spiro atoms. The fraction of sp³-hybridized carbons (Fsp3) is 0.333. The number of aryl methyl sites for hydroxylation is 1. The summed E-state index contributed by atoms with van der Waals surface area (Å²) in [5.41, 5.74) is 3.96. The number of piperidine rings is 1. The molecule has 1 N–H and O–H groups in total. The highest BCUT2D eigenvalue weighted by Gasteiger charge is 2.32. The van der Waals surface area contributed by atoms with Gasteiger partial charge in [0.25, 0.3) is 0 Å². The number of likely N-dealkylation sites (tertiary alicyclic amines) is 1. The molecular formula is C27H28FN7O3. The van der Waals surface area contributed by atoms with Gasteiger partial charge in [-0.2, -0.15) is 10.2 Å². The van der Waals surface area contributed by atoms with Crippen LogP contribution >= 0.6 is 0 Å². The molecule has 1 fully saturated rings. The summed E-state index contributed by atoms with van der Waals surface area (Å²) in [5.74, 6) is 1.15. The smallest absolute Gasteiger partial charge is 0.247 e. The van der Waals surface area contributed by atoms with Gasteiger partial charge in [0.15, 0.2) is 0 Å². The van der Waals surface area contributed by atoms with Gasteiger partial charge in [0.2, 0.25) is 11.8 Å². The van der Waals surface area contributed by atoms with Gasteiger partial charge in [-0.3, -0.25) is 14.7 Å². The van der Waals surface area contributed by atoms with Crippen LogP contribution < -0.4 is 4.74 Å². The molecule has 1 aliphatic heterocycles. The van der Waals surface area contributed by atoms with E-state index in [4.69, 9.17) is 13.9 Å². The molecule has 1 aliphatic rings. The maximum absolute atomic E-state index is 14.6. The van der Waals surface area contributed by atoms with Gasteiger partial charge < -0.3 is 13.9 Å². The van der Waals surface area contributed by atoms with Crippen molar-refractivity contribution in [2.24, 2.45) is 7.05 Å². The van der Waals surface area contributed by atoms with Crippen LogP contribution in [0.25, 0.3) is 33.6 Å². The number of ether oxygens (including phenoxy) is 2. The van der Waals surface area contributed by atoms with Crippen LogP contribution in [0.4, 0.5) is 4.39 Å². The van der Waals surface area contributed by atoms with Crippen molar-refractivity contribution in [2.45, 2.75) is 25.0 Å². The summed E-state index contributed by atoms with van der Waals surface area (Å²) >= 11 is 0. The maximum Gasteiger partial charge on any atom is 0.247 e. The van der Waals surface area contributed by atoms with Crippen molar-refractivity contribution in [3.63, 3.8) is 0 Å². The zero-order valence-electron chi connectivity index (χ0n) is 21.4. The van der Waals surface area contributed by atoms with Crippen LogP contribution in [0.3, 0.4) is 0 Å². The highest BCUT2D eigenvalue weighted by Crippen LogP contribution is 2.34. The Labute approximate surface area is 218 Å². The van der Waals surface area contributed by atoms with Gasteiger partial charge in [-0.05, 0) is 36.8 Å². The van der Waals surface area contributed by atoms with E-state index in [1.807, 2.05) is 31.4 Å². The van der Waals surface area contributed by atoms with Gasteiger partial charge in [-0.1, -0.05) is 6.07 Å². The van der Waals surface area contributed by atoms with Crippen LogP contribution in [-0.2, 0) is 18.3 Å². The fourth-order valence-corrected chi connectivity index (χ4v) is 5.15. The number of rotatable bonds is 7. The summed E-state index contributed by atoms with van der Waals surface area (Å²) in [6.07, 6.45) is 4.39. The topological polar surface area (TPSA) is 107 Å². The highest BCUT2D eigenvalue weighted by atomic mass is 19.1. The molecule has 0 aliphatic carbocycles. The number of aromatic amines is 1. The lowest BCUT2D eigenvalue weighted by molar-refractivity contribution is 0.0148. The fourth-order valence-electron chi connectivity index (χ4n) is 5.15. The Kier molecular flexibility index (Phi) is 6.38. The lowest BCUT2D eigenvalue weighted by Gasteiger charge is -2.36. The predicted octanol–water partition coefficient (Wildman–Crippen LogP) is 4.17. The van der Waals surface area contributed by atoms with Crippen molar-refractivity contribution in [3.8, 4) is 28.5 Å². The number of aromatic nitrogens is 6. The number of hydrogen-bond donors (Lipinski definition) is 1. The molecule has 4 heterocycles. The molecule has 2 aromatic carbocycles. The van der Waals surface area contributed by atoms with Crippen molar-refractivity contribution >= 4 is 10.9 Å². The van der Waals surface area contributed by atoms with Crippen LogP contribution in [0.15, 0.2) is 53.2 Å². The molecule has 6 rings (SSSR count). The number of nitrogens with one attached hydrogen (secondary N) is 1. The highest BCUT2D eigenvalue weighted by molar-refractivity contribution is 5.94. The monoisotopic (exact) mass is 517 g/mol. The number of nitrogens with zero attached hydrogens (tertiary/aromatic N) is 6. The average Bonchev–Trinajstić information content (AvgIpc) is 3.69. The van der Waals surface area contributed by atoms with Gasteiger partial charge in [0.05, 0.1) is 30.8 Å². The SMILES string of the molecule is COc1cccc(F)c1CN1CC(c2nnc(-c3ccc4[nH]nc(-c5cnn(C)c5)c4c3)o2)C[C@@H](OC)C1.